The van der Waals surface area contributed by atoms with Crippen molar-refractivity contribution in [3.63, 3.8) is 0 Å². The number of nitrogens with two attached hydrogens (primary N) is 7. The summed E-state index contributed by atoms with van der Waals surface area (Å²) in [5, 5.41) is 60.7. The summed E-state index contributed by atoms with van der Waals surface area (Å²) in [6.07, 6.45) is -5.24. The molecule has 1 aliphatic heterocycles. The van der Waals surface area contributed by atoms with Crippen LogP contribution in [0.1, 0.15) is 117 Å². The predicted molar refractivity (Wildman–Crippen MR) is 321 cm³/mol. The van der Waals surface area contributed by atoms with Crippen molar-refractivity contribution in [2.75, 3.05) is 32.8 Å². The summed E-state index contributed by atoms with van der Waals surface area (Å²) < 4.78 is 0. The molecule has 1 fully saturated rings. The van der Waals surface area contributed by atoms with E-state index in [1.807, 2.05) is 5.32 Å². The van der Waals surface area contributed by atoms with Gasteiger partial charge in [0, 0.05) is 25.9 Å². The van der Waals surface area contributed by atoms with Gasteiger partial charge in [0.2, 0.25) is 82.7 Å². The Bertz CT molecular complexity index is 2730. The number of hydrogen-bond acceptors (Lipinski definition) is 21. The molecule has 522 valence electrons. The fraction of sp³-hybridized carbons (Fsp3) is 0.660. The molecule has 0 aromatic rings. The van der Waals surface area contributed by atoms with E-state index in [0.29, 0.717) is 0 Å². The lowest BCUT2D eigenvalue weighted by Crippen LogP contribution is -2.60. The minimum atomic E-state index is -2.09. The van der Waals surface area contributed by atoms with Crippen molar-refractivity contribution in [1.29, 1.82) is 0 Å². The zero-order valence-electron chi connectivity index (χ0n) is 51.7. The molecule has 11 atom stereocenters. The first-order valence-corrected chi connectivity index (χ1v) is 29.5. The van der Waals surface area contributed by atoms with Crippen molar-refractivity contribution < 1.29 is 102 Å². The van der Waals surface area contributed by atoms with Crippen LogP contribution in [0, 0.1) is 5.92 Å². The van der Waals surface area contributed by atoms with E-state index in [1.54, 1.807) is 13.8 Å². The number of nitrogens with one attached hydrogen (secondary N) is 10. The van der Waals surface area contributed by atoms with Crippen molar-refractivity contribution in [3.8, 4) is 0 Å². The average molecular weight is 1330 g/mol. The molecule has 93 heavy (non-hydrogen) atoms. The van der Waals surface area contributed by atoms with Crippen molar-refractivity contribution in [2.24, 2.45) is 51.0 Å². The van der Waals surface area contributed by atoms with Crippen LogP contribution in [0.3, 0.4) is 0 Å². The molecule has 40 nitrogen and oxygen atoms in total. The van der Waals surface area contributed by atoms with Crippen LogP contribution < -0.4 is 93.3 Å². The highest BCUT2D eigenvalue weighted by atomic mass is 16.4. The van der Waals surface area contributed by atoms with Gasteiger partial charge in [0.15, 0.2) is 5.96 Å². The molecule has 0 spiro atoms. The Hall–Kier alpha value is -9.86. The average Bonchev–Trinajstić information content (AvgIpc) is 1.78. The van der Waals surface area contributed by atoms with Gasteiger partial charge in [-0.25, -0.2) is 4.79 Å². The summed E-state index contributed by atoms with van der Waals surface area (Å²) in [7, 11) is 0. The molecule has 40 heteroatoms. The number of likely N-dealkylation sites (tertiary alicyclic amines) is 1. The lowest BCUT2D eigenvalue weighted by Gasteiger charge is -2.30. The first-order valence-electron chi connectivity index (χ1n) is 29.5. The fourth-order valence-corrected chi connectivity index (χ4v) is 8.96. The molecule has 0 aromatic heterocycles. The van der Waals surface area contributed by atoms with E-state index >= 15 is 0 Å². The highest BCUT2D eigenvalue weighted by Gasteiger charge is 2.41. The summed E-state index contributed by atoms with van der Waals surface area (Å²) in [4.78, 5) is 225. The van der Waals surface area contributed by atoms with Crippen LogP contribution >= 0.6 is 0 Å². The Morgan fingerprint density at radius 3 is 1.56 bits per heavy atom. The van der Waals surface area contributed by atoms with Gasteiger partial charge >= 0.3 is 17.9 Å². The number of aliphatic hydroxyl groups excluding tert-OH is 1. The highest BCUT2D eigenvalue weighted by Crippen LogP contribution is 2.21. The third-order valence-electron chi connectivity index (χ3n) is 13.7. The van der Waals surface area contributed by atoms with Crippen LogP contribution in [-0.4, -0.2) is 231 Å². The molecule has 0 aliphatic carbocycles. The van der Waals surface area contributed by atoms with E-state index in [0.717, 1.165) is 4.90 Å². The van der Waals surface area contributed by atoms with Crippen molar-refractivity contribution in [3.05, 3.63) is 0 Å². The number of aliphatic hydroxyl groups is 1. The van der Waals surface area contributed by atoms with E-state index in [-0.39, 0.29) is 82.9 Å². The second-order valence-electron chi connectivity index (χ2n) is 22.1. The molecule has 0 aromatic carbocycles. The number of aliphatic imine (C=N–C) groups is 1. The largest absolute Gasteiger partial charge is 0.481 e. The summed E-state index contributed by atoms with van der Waals surface area (Å²) in [5.74, 6) is -20.4. The van der Waals surface area contributed by atoms with Gasteiger partial charge in [0.25, 0.3) is 0 Å². The third kappa shape index (κ3) is 31.6. The number of hydrogen-bond donors (Lipinski definition) is 21. The van der Waals surface area contributed by atoms with Gasteiger partial charge in [0.1, 0.15) is 60.4 Å². The number of carboxylic acids is 3. The van der Waals surface area contributed by atoms with Gasteiger partial charge in [-0.1, -0.05) is 13.8 Å². The number of rotatable bonds is 45. The predicted octanol–water partition coefficient (Wildman–Crippen LogP) is -10.5. The van der Waals surface area contributed by atoms with E-state index < -0.39 is 225 Å². The lowest BCUT2D eigenvalue weighted by atomic mass is 10.0. The SMILES string of the molecule is CC(C)C[C@H](NC(=O)[C@@H](N)CC(N)=O)C(=O)N[C@@H](CCC(N)=O)C(=O)N[C@@H](CCCCN)C(=O)N[C@@H](CC(=O)O)C(=O)N[C@@H](CCC(=O)O)C(=O)N1CCC[C@H]1C(=O)N[C@@H](CC(N)=O)C(=O)NCC(=O)N[C@@H](CCCN=C(N)N)C(=O)N[C@@H](C)C(=O)N[C@@H](CO)C(=O)O. The fourth-order valence-electron chi connectivity index (χ4n) is 8.96. The van der Waals surface area contributed by atoms with E-state index in [4.69, 9.17) is 45.2 Å². The summed E-state index contributed by atoms with van der Waals surface area (Å²) in [5.41, 5.74) is 38.0. The van der Waals surface area contributed by atoms with Crippen molar-refractivity contribution in [2.45, 2.75) is 184 Å². The number of amides is 14. The van der Waals surface area contributed by atoms with Gasteiger partial charge in [-0.3, -0.25) is 81.7 Å². The molecule has 0 unspecified atom stereocenters. The quantitative estimate of drug-likeness (QED) is 0.0153. The molecule has 1 heterocycles. The second-order valence-corrected chi connectivity index (χ2v) is 22.1. The minimum Gasteiger partial charge on any atom is -0.481 e. The molecule has 1 aliphatic rings. The van der Waals surface area contributed by atoms with Gasteiger partial charge in [-0.05, 0) is 83.6 Å². The van der Waals surface area contributed by atoms with Crippen LogP contribution in [0.5, 0.6) is 0 Å². The number of nitrogens with zero attached hydrogens (tertiary/aromatic N) is 2. The smallest absolute Gasteiger partial charge is 0.328 e. The number of unbranched alkanes of at least 4 members (excludes halogenated alkanes) is 1. The van der Waals surface area contributed by atoms with Gasteiger partial charge in [-0.15, -0.1) is 0 Å². The van der Waals surface area contributed by atoms with E-state index in [1.165, 1.54) is 6.92 Å². The maximum Gasteiger partial charge on any atom is 0.328 e. The molecule has 0 bridgehead atoms. The number of carboxylic acid groups (broad SMARTS) is 3. The maximum atomic E-state index is 14.4. The molecule has 1 saturated heterocycles. The maximum absolute atomic E-state index is 14.4. The molecule has 0 radical (unpaired) electrons. The van der Waals surface area contributed by atoms with Crippen LogP contribution in [-0.2, 0) is 81.5 Å². The van der Waals surface area contributed by atoms with E-state index in [2.05, 4.69) is 52.8 Å². The summed E-state index contributed by atoms with van der Waals surface area (Å²) in [6.45, 7) is 2.45. The number of carbonyl (C=O) groups is 17. The first kappa shape index (κ1) is 81.2. The topological polar surface area (TPSA) is 689 Å². The molecule has 28 N–H and O–H groups in total. The van der Waals surface area contributed by atoms with Gasteiger partial charge in [-0.2, -0.15) is 0 Å². The Kier molecular flexibility index (Phi) is 36.2. The highest BCUT2D eigenvalue weighted by molar-refractivity contribution is 6.00. The van der Waals surface area contributed by atoms with E-state index in [9.17, 15) is 96.8 Å². The van der Waals surface area contributed by atoms with Crippen LogP contribution in [0.25, 0.3) is 0 Å². The standard InChI is InChI=1S/C53H89N19O21/c1-24(2)18-31(68-43(83)26(55)19-37(57)75)48(88)66-29(11-13-36(56)74)47(87)65-28(8-4-5-15-54)46(86)69-33(21-41(80)81)49(89)67-30(12-14-40(78)79)51(91)72-17-7-10-35(72)50(90)70-32(20-38(58)76)44(84)62-22-39(77)64-27(9-6-16-61-53(59)60)45(85)63-25(3)42(82)71-34(23-73)52(92)93/h24-35,73H,4-23,54-55H2,1-3H3,(H2,56,74)(H2,57,75)(H2,58,76)(H,62,84)(H,63,85)(H,64,77)(H,65,87)(H,66,88)(H,67,89)(H,68,83)(H,69,86)(H,70,90)(H,71,82)(H,78,79)(H,80,81)(H,92,93)(H4,59,60,61)/t25-,26-,27-,28-,29-,30-,31-,32-,33-,34-,35-/m0/s1. The number of carbonyl (C=O) groups excluding carboxylic acids is 14. The molecular weight excluding hydrogens is 1240 g/mol. The zero-order valence-corrected chi connectivity index (χ0v) is 51.7. The monoisotopic (exact) mass is 1330 g/mol. The molecule has 14 amide bonds. The number of guanidine groups is 1. The number of aliphatic carboxylic acids is 3. The molecular formula is C53H89N19O21. The van der Waals surface area contributed by atoms with Crippen LogP contribution in [0.2, 0.25) is 0 Å². The Morgan fingerprint density at radius 1 is 0.516 bits per heavy atom. The van der Waals surface area contributed by atoms with Crippen molar-refractivity contribution >= 4 is 107 Å². The van der Waals surface area contributed by atoms with Crippen molar-refractivity contribution in [1.82, 2.24) is 58.1 Å². The minimum absolute atomic E-state index is 0.0338. The second kappa shape index (κ2) is 41.5. The van der Waals surface area contributed by atoms with Crippen LogP contribution in [0.4, 0.5) is 0 Å². The van der Waals surface area contributed by atoms with Gasteiger partial charge in [0.05, 0.1) is 38.5 Å². The lowest BCUT2D eigenvalue weighted by molar-refractivity contribution is -0.144. The number of primary amides is 3. The normalized spacial score (nSPS) is 15.8. The molecule has 1 rings (SSSR count). The van der Waals surface area contributed by atoms with Crippen LogP contribution in [0.15, 0.2) is 4.99 Å². The zero-order chi connectivity index (χ0) is 70.8. The first-order chi connectivity index (χ1) is 43.5. The Balaban J connectivity index is 3.49. The Labute approximate surface area is 532 Å². The summed E-state index contributed by atoms with van der Waals surface area (Å²) in [6, 6.07) is -18.0. The molecule has 0 saturated carbocycles. The summed E-state index contributed by atoms with van der Waals surface area (Å²) >= 11 is 0. The Morgan fingerprint density at radius 2 is 1.02 bits per heavy atom. The third-order valence-corrected chi connectivity index (χ3v) is 13.7. The van der Waals surface area contributed by atoms with Gasteiger partial charge < -0.3 is 119 Å².